The predicted octanol–water partition coefficient (Wildman–Crippen LogP) is 1.04. The molecular formula is C17H20N4O3. The van der Waals surface area contributed by atoms with Crippen molar-refractivity contribution < 1.29 is 13.9 Å². The lowest BCUT2D eigenvalue weighted by molar-refractivity contribution is 0.0482. The molecule has 0 radical (unpaired) electrons. The van der Waals surface area contributed by atoms with Gasteiger partial charge in [0.05, 0.1) is 25.2 Å². The van der Waals surface area contributed by atoms with Gasteiger partial charge >= 0.3 is 0 Å². The van der Waals surface area contributed by atoms with E-state index < -0.39 is 0 Å². The van der Waals surface area contributed by atoms with E-state index in [9.17, 15) is 4.79 Å². The molecule has 2 aromatic rings. The first kappa shape index (κ1) is 15.3. The highest BCUT2D eigenvalue weighted by molar-refractivity contribution is 5.92. The summed E-state index contributed by atoms with van der Waals surface area (Å²) in [6.07, 6.45) is 6.58. The molecule has 0 aromatic carbocycles. The third-order valence-electron chi connectivity index (χ3n) is 4.69. The number of ether oxygens (including phenoxy) is 1. The third kappa shape index (κ3) is 3.18. The van der Waals surface area contributed by atoms with Gasteiger partial charge in [0.25, 0.3) is 5.91 Å². The summed E-state index contributed by atoms with van der Waals surface area (Å²) in [6, 6.07) is 3.64. The first-order chi connectivity index (χ1) is 11.8. The number of carbonyl (C=O) groups is 1. The fourth-order valence-corrected chi connectivity index (χ4v) is 3.49. The summed E-state index contributed by atoms with van der Waals surface area (Å²) in [5.74, 6) is 0.278. The van der Waals surface area contributed by atoms with Crippen molar-refractivity contribution in [1.29, 1.82) is 0 Å². The summed E-state index contributed by atoms with van der Waals surface area (Å²) in [5.41, 5.74) is 1.61. The molecule has 0 spiro atoms. The molecule has 1 amide bonds. The minimum atomic E-state index is -0.0459. The zero-order valence-electron chi connectivity index (χ0n) is 13.4. The number of furan rings is 1. The van der Waals surface area contributed by atoms with Gasteiger partial charge in [-0.15, -0.1) is 0 Å². The molecule has 7 heteroatoms. The Hall–Kier alpha value is -2.25. The molecule has 2 fully saturated rings. The molecule has 0 aliphatic carbocycles. The standard InChI is InChI=1S/C17H20N4O3/c22-17(15-1-3-18-12-19-15)21-9-14-8-20(4-6-24-16(14)10-21)7-13-2-5-23-11-13/h1-3,5,11-12,14,16H,4,6-10H2/t14-,16+/m0/s1. The van der Waals surface area contributed by atoms with Crippen LogP contribution >= 0.6 is 0 Å². The zero-order valence-corrected chi connectivity index (χ0v) is 13.4. The van der Waals surface area contributed by atoms with Crippen LogP contribution in [0.2, 0.25) is 0 Å². The van der Waals surface area contributed by atoms with Gasteiger partial charge in [-0.1, -0.05) is 0 Å². The number of hydrogen-bond acceptors (Lipinski definition) is 6. The Bertz CT molecular complexity index is 676. The molecule has 0 bridgehead atoms. The van der Waals surface area contributed by atoms with Crippen LogP contribution in [0.4, 0.5) is 0 Å². The van der Waals surface area contributed by atoms with Crippen molar-refractivity contribution in [3.05, 3.63) is 48.4 Å². The second-order valence-corrected chi connectivity index (χ2v) is 6.34. The highest BCUT2D eigenvalue weighted by atomic mass is 16.5. The summed E-state index contributed by atoms with van der Waals surface area (Å²) >= 11 is 0. The number of aromatic nitrogens is 2. The van der Waals surface area contributed by atoms with Crippen LogP contribution in [0.5, 0.6) is 0 Å². The van der Waals surface area contributed by atoms with Gasteiger partial charge in [-0.25, -0.2) is 9.97 Å². The van der Waals surface area contributed by atoms with Crippen LogP contribution in [0.15, 0.2) is 41.6 Å². The summed E-state index contributed by atoms with van der Waals surface area (Å²) in [6.45, 7) is 4.70. The average molecular weight is 328 g/mol. The molecule has 2 atom stereocenters. The van der Waals surface area contributed by atoms with Crippen LogP contribution in [-0.4, -0.2) is 64.6 Å². The Morgan fingerprint density at radius 1 is 1.29 bits per heavy atom. The highest BCUT2D eigenvalue weighted by Gasteiger charge is 2.38. The molecule has 4 heterocycles. The van der Waals surface area contributed by atoms with Crippen LogP contribution < -0.4 is 0 Å². The second-order valence-electron chi connectivity index (χ2n) is 6.34. The van der Waals surface area contributed by atoms with E-state index in [0.29, 0.717) is 31.3 Å². The van der Waals surface area contributed by atoms with Gasteiger partial charge in [-0.05, 0) is 12.1 Å². The monoisotopic (exact) mass is 328 g/mol. The van der Waals surface area contributed by atoms with Crippen LogP contribution in [0, 0.1) is 5.92 Å². The molecule has 4 rings (SSSR count). The lowest BCUT2D eigenvalue weighted by Crippen LogP contribution is -2.34. The van der Waals surface area contributed by atoms with Crippen LogP contribution in [0.3, 0.4) is 0 Å². The Morgan fingerprint density at radius 2 is 2.25 bits per heavy atom. The minimum Gasteiger partial charge on any atom is -0.472 e. The first-order valence-corrected chi connectivity index (χ1v) is 8.20. The Balaban J connectivity index is 1.41. The number of nitrogens with zero attached hydrogens (tertiary/aromatic N) is 4. The molecule has 2 aliphatic rings. The quantitative estimate of drug-likeness (QED) is 0.838. The molecule has 2 saturated heterocycles. The number of likely N-dealkylation sites (tertiary alicyclic amines) is 1. The van der Waals surface area contributed by atoms with E-state index in [-0.39, 0.29) is 12.0 Å². The molecule has 2 aromatic heterocycles. The van der Waals surface area contributed by atoms with Crippen molar-refractivity contribution in [2.24, 2.45) is 5.92 Å². The van der Waals surface area contributed by atoms with E-state index in [0.717, 1.165) is 19.6 Å². The molecule has 7 nitrogen and oxygen atoms in total. The van der Waals surface area contributed by atoms with Gasteiger partial charge in [-0.3, -0.25) is 9.69 Å². The predicted molar refractivity (Wildman–Crippen MR) is 85.2 cm³/mol. The van der Waals surface area contributed by atoms with E-state index in [1.165, 1.54) is 11.9 Å². The van der Waals surface area contributed by atoms with Crippen molar-refractivity contribution >= 4 is 5.91 Å². The number of hydrogen-bond donors (Lipinski definition) is 0. The SMILES string of the molecule is O=C(c1ccncn1)N1C[C@@H]2CN(Cc3ccoc3)CCO[C@@H]2C1. The van der Waals surface area contributed by atoms with E-state index in [4.69, 9.17) is 9.15 Å². The number of carbonyl (C=O) groups excluding carboxylic acids is 1. The molecule has 0 saturated carbocycles. The maximum absolute atomic E-state index is 12.6. The Kier molecular flexibility index (Phi) is 4.27. The van der Waals surface area contributed by atoms with Gasteiger partial charge < -0.3 is 14.1 Å². The summed E-state index contributed by atoms with van der Waals surface area (Å²) in [7, 11) is 0. The number of rotatable bonds is 3. The van der Waals surface area contributed by atoms with Crippen molar-refractivity contribution in [2.75, 3.05) is 32.8 Å². The van der Waals surface area contributed by atoms with Crippen molar-refractivity contribution in [3.8, 4) is 0 Å². The van der Waals surface area contributed by atoms with E-state index in [1.54, 1.807) is 24.8 Å². The fourth-order valence-electron chi connectivity index (χ4n) is 3.49. The van der Waals surface area contributed by atoms with Gasteiger partial charge in [-0.2, -0.15) is 0 Å². The van der Waals surface area contributed by atoms with E-state index >= 15 is 0 Å². The molecule has 24 heavy (non-hydrogen) atoms. The topological polar surface area (TPSA) is 71.7 Å². The van der Waals surface area contributed by atoms with E-state index in [2.05, 4.69) is 14.9 Å². The molecule has 0 N–H and O–H groups in total. The van der Waals surface area contributed by atoms with E-state index in [1.807, 2.05) is 11.0 Å². The van der Waals surface area contributed by atoms with Gasteiger partial charge in [0.1, 0.15) is 12.0 Å². The summed E-state index contributed by atoms with van der Waals surface area (Å²) in [4.78, 5) is 24.7. The normalized spacial score (nSPS) is 24.6. The summed E-state index contributed by atoms with van der Waals surface area (Å²) in [5, 5.41) is 0. The van der Waals surface area contributed by atoms with Gasteiger partial charge in [0.15, 0.2) is 0 Å². The number of amides is 1. The maximum Gasteiger partial charge on any atom is 0.272 e. The highest BCUT2D eigenvalue weighted by Crippen LogP contribution is 2.25. The first-order valence-electron chi connectivity index (χ1n) is 8.20. The van der Waals surface area contributed by atoms with Crippen molar-refractivity contribution in [3.63, 3.8) is 0 Å². The fraction of sp³-hybridized carbons (Fsp3) is 0.471. The molecule has 126 valence electrons. The van der Waals surface area contributed by atoms with Crippen molar-refractivity contribution in [1.82, 2.24) is 19.8 Å². The van der Waals surface area contributed by atoms with Crippen LogP contribution in [-0.2, 0) is 11.3 Å². The molecule has 2 aliphatic heterocycles. The average Bonchev–Trinajstić information content (AvgIpc) is 3.22. The minimum absolute atomic E-state index is 0.0459. The zero-order chi connectivity index (χ0) is 16.4. The van der Waals surface area contributed by atoms with Crippen molar-refractivity contribution in [2.45, 2.75) is 12.6 Å². The van der Waals surface area contributed by atoms with Gasteiger partial charge in [0.2, 0.25) is 0 Å². The second kappa shape index (κ2) is 6.70. The summed E-state index contributed by atoms with van der Waals surface area (Å²) < 4.78 is 11.1. The van der Waals surface area contributed by atoms with Gasteiger partial charge in [0, 0.05) is 50.4 Å². The third-order valence-corrected chi connectivity index (χ3v) is 4.69. The van der Waals surface area contributed by atoms with Crippen LogP contribution in [0.1, 0.15) is 16.1 Å². The lowest BCUT2D eigenvalue weighted by atomic mass is 10.1. The Morgan fingerprint density at radius 3 is 3.04 bits per heavy atom. The largest absolute Gasteiger partial charge is 0.472 e. The molecular weight excluding hydrogens is 308 g/mol. The number of fused-ring (bicyclic) bond motifs is 1. The maximum atomic E-state index is 12.6. The smallest absolute Gasteiger partial charge is 0.272 e. The van der Waals surface area contributed by atoms with Crippen LogP contribution in [0.25, 0.3) is 0 Å². The lowest BCUT2D eigenvalue weighted by Gasteiger charge is -2.22. The molecule has 0 unspecified atom stereocenters. The Labute approximate surface area is 140 Å².